The Morgan fingerprint density at radius 1 is 1.64 bits per heavy atom. The number of carbonyl (C=O) groups excluding carboxylic acids is 2. The van der Waals surface area contributed by atoms with Gasteiger partial charge in [-0.05, 0) is 18.8 Å². The molecule has 1 fully saturated rings. The number of rotatable bonds is 2. The lowest BCUT2D eigenvalue weighted by Gasteiger charge is -2.33. The van der Waals surface area contributed by atoms with Crippen molar-refractivity contribution in [2.75, 3.05) is 13.2 Å². The average Bonchev–Trinajstić information content (AvgIpc) is 2.10. The summed E-state index contributed by atoms with van der Waals surface area (Å²) in [6.45, 7) is 6.74. The Kier molecular flexibility index (Phi) is 3.13. The van der Waals surface area contributed by atoms with Gasteiger partial charge in [-0.15, -0.1) is 0 Å². The quantitative estimate of drug-likeness (QED) is 0.526. The van der Waals surface area contributed by atoms with Gasteiger partial charge in [-0.3, -0.25) is 9.59 Å². The highest BCUT2D eigenvalue weighted by molar-refractivity contribution is 5.98. The first-order valence-corrected chi connectivity index (χ1v) is 4.90. The van der Waals surface area contributed by atoms with Crippen LogP contribution in [0.4, 0.5) is 0 Å². The van der Waals surface area contributed by atoms with Crippen LogP contribution in [0.1, 0.15) is 27.2 Å². The smallest absolute Gasteiger partial charge is 0.318 e. The summed E-state index contributed by atoms with van der Waals surface area (Å²) in [6.07, 6.45) is 0.567. The van der Waals surface area contributed by atoms with Crippen molar-refractivity contribution in [2.45, 2.75) is 27.2 Å². The van der Waals surface area contributed by atoms with Crippen LogP contribution in [0.15, 0.2) is 0 Å². The third-order valence-corrected chi connectivity index (χ3v) is 2.39. The van der Waals surface area contributed by atoms with Gasteiger partial charge in [0.15, 0.2) is 0 Å². The van der Waals surface area contributed by atoms with Crippen LogP contribution in [-0.4, -0.2) is 25.0 Å². The first-order valence-electron chi connectivity index (χ1n) is 4.90. The highest BCUT2D eigenvalue weighted by atomic mass is 16.5. The third kappa shape index (κ3) is 2.47. The Morgan fingerprint density at radius 2 is 2.29 bits per heavy atom. The van der Waals surface area contributed by atoms with E-state index in [0.29, 0.717) is 19.6 Å². The zero-order valence-electron chi connectivity index (χ0n) is 8.92. The molecule has 0 spiro atoms. The Hall–Kier alpha value is -1.06. The van der Waals surface area contributed by atoms with Gasteiger partial charge in [-0.25, -0.2) is 0 Å². The normalized spacial score (nSPS) is 25.4. The number of nitrogens with one attached hydrogen (secondary N) is 1. The number of piperidine rings is 1. The molecule has 14 heavy (non-hydrogen) atoms. The van der Waals surface area contributed by atoms with Gasteiger partial charge in [-0.2, -0.15) is 0 Å². The molecule has 1 atom stereocenters. The van der Waals surface area contributed by atoms with Crippen molar-refractivity contribution in [3.05, 3.63) is 0 Å². The first kappa shape index (κ1) is 11.0. The third-order valence-electron chi connectivity index (χ3n) is 2.39. The molecule has 1 rings (SSSR count). The maximum atomic E-state index is 11.4. The van der Waals surface area contributed by atoms with Crippen LogP contribution in [0.3, 0.4) is 0 Å². The van der Waals surface area contributed by atoms with Crippen LogP contribution >= 0.6 is 0 Å². The van der Waals surface area contributed by atoms with Gasteiger partial charge in [0.2, 0.25) is 5.91 Å². The Balaban J connectivity index is 2.66. The van der Waals surface area contributed by atoms with Crippen LogP contribution in [0, 0.1) is 11.3 Å². The molecule has 4 heteroatoms. The lowest BCUT2D eigenvalue weighted by molar-refractivity contribution is -0.155. The summed E-state index contributed by atoms with van der Waals surface area (Å²) in [4.78, 5) is 22.8. The second-order valence-corrected chi connectivity index (χ2v) is 4.39. The Morgan fingerprint density at radius 3 is 2.86 bits per heavy atom. The number of hydrogen-bond donors (Lipinski definition) is 1. The maximum absolute atomic E-state index is 11.4. The summed E-state index contributed by atoms with van der Waals surface area (Å²) < 4.78 is 4.85. The van der Waals surface area contributed by atoms with Crippen LogP contribution in [0.5, 0.6) is 0 Å². The minimum atomic E-state index is -0.626. The fourth-order valence-electron chi connectivity index (χ4n) is 1.60. The van der Waals surface area contributed by atoms with Gasteiger partial charge < -0.3 is 10.1 Å². The van der Waals surface area contributed by atoms with Crippen LogP contribution in [-0.2, 0) is 14.3 Å². The highest BCUT2D eigenvalue weighted by Crippen LogP contribution is 2.29. The van der Waals surface area contributed by atoms with Gasteiger partial charge in [0.05, 0.1) is 6.61 Å². The molecule has 0 radical (unpaired) electrons. The molecule has 0 aliphatic carbocycles. The largest absolute Gasteiger partial charge is 0.465 e. The molecule has 1 amide bonds. The first-order chi connectivity index (χ1) is 6.46. The molecule has 1 unspecified atom stereocenters. The van der Waals surface area contributed by atoms with Gasteiger partial charge in [0, 0.05) is 6.54 Å². The summed E-state index contributed by atoms with van der Waals surface area (Å²) >= 11 is 0. The number of hydrogen-bond acceptors (Lipinski definition) is 3. The molecular weight excluding hydrogens is 182 g/mol. The summed E-state index contributed by atoms with van der Waals surface area (Å²) in [5, 5.41) is 2.72. The van der Waals surface area contributed by atoms with E-state index in [4.69, 9.17) is 4.74 Å². The second kappa shape index (κ2) is 3.98. The minimum Gasteiger partial charge on any atom is -0.465 e. The molecular formula is C10H17NO3. The summed E-state index contributed by atoms with van der Waals surface area (Å²) in [6, 6.07) is 0. The van der Waals surface area contributed by atoms with E-state index in [2.05, 4.69) is 5.32 Å². The molecule has 1 heterocycles. The van der Waals surface area contributed by atoms with Crippen molar-refractivity contribution in [2.24, 2.45) is 11.3 Å². The zero-order chi connectivity index (χ0) is 10.8. The average molecular weight is 199 g/mol. The van der Waals surface area contributed by atoms with E-state index in [1.165, 1.54) is 0 Å². The second-order valence-electron chi connectivity index (χ2n) is 4.39. The SMILES string of the molecule is CCOC(=O)C1CC(C)(C)CNC1=O. The van der Waals surface area contributed by atoms with E-state index >= 15 is 0 Å². The van der Waals surface area contributed by atoms with Gasteiger partial charge in [0.25, 0.3) is 0 Å². The molecule has 0 aromatic carbocycles. The van der Waals surface area contributed by atoms with E-state index in [0.717, 1.165) is 0 Å². The van der Waals surface area contributed by atoms with Crippen molar-refractivity contribution in [1.82, 2.24) is 5.32 Å². The van der Waals surface area contributed by atoms with Gasteiger partial charge >= 0.3 is 5.97 Å². The van der Waals surface area contributed by atoms with E-state index in [1.807, 2.05) is 13.8 Å². The molecule has 4 nitrogen and oxygen atoms in total. The molecule has 80 valence electrons. The van der Waals surface area contributed by atoms with Crippen LogP contribution in [0.25, 0.3) is 0 Å². The number of esters is 1. The molecule has 0 bridgehead atoms. The van der Waals surface area contributed by atoms with Gasteiger partial charge in [-0.1, -0.05) is 13.8 Å². The Bertz CT molecular complexity index is 248. The fourth-order valence-corrected chi connectivity index (χ4v) is 1.60. The highest BCUT2D eigenvalue weighted by Gasteiger charge is 2.38. The minimum absolute atomic E-state index is 0.0225. The van der Waals surface area contributed by atoms with Crippen LogP contribution < -0.4 is 5.32 Å². The Labute approximate surface area is 84.0 Å². The van der Waals surface area contributed by atoms with E-state index in [9.17, 15) is 9.59 Å². The summed E-state index contributed by atoms with van der Waals surface area (Å²) in [5.74, 6) is -1.24. The molecule has 1 aliphatic heterocycles. The molecule has 1 N–H and O–H groups in total. The predicted octanol–water partition coefficient (Wildman–Crippen LogP) is 0.712. The zero-order valence-corrected chi connectivity index (χ0v) is 8.92. The summed E-state index contributed by atoms with van der Waals surface area (Å²) in [7, 11) is 0. The van der Waals surface area contributed by atoms with Gasteiger partial charge in [0.1, 0.15) is 5.92 Å². The predicted molar refractivity (Wildman–Crippen MR) is 51.5 cm³/mol. The fraction of sp³-hybridized carbons (Fsp3) is 0.800. The van der Waals surface area contributed by atoms with Crippen molar-refractivity contribution in [3.63, 3.8) is 0 Å². The molecule has 0 aromatic heterocycles. The van der Waals surface area contributed by atoms with Crippen molar-refractivity contribution in [3.8, 4) is 0 Å². The lowest BCUT2D eigenvalue weighted by Crippen LogP contribution is -2.48. The lowest BCUT2D eigenvalue weighted by atomic mass is 9.79. The number of amides is 1. The van der Waals surface area contributed by atoms with Crippen molar-refractivity contribution < 1.29 is 14.3 Å². The van der Waals surface area contributed by atoms with Crippen molar-refractivity contribution in [1.29, 1.82) is 0 Å². The topological polar surface area (TPSA) is 55.4 Å². The van der Waals surface area contributed by atoms with E-state index in [1.54, 1.807) is 6.92 Å². The van der Waals surface area contributed by atoms with E-state index < -0.39 is 11.9 Å². The maximum Gasteiger partial charge on any atom is 0.318 e. The molecule has 1 saturated heterocycles. The number of carbonyl (C=O) groups is 2. The van der Waals surface area contributed by atoms with E-state index in [-0.39, 0.29) is 11.3 Å². The standard InChI is InChI=1S/C10H17NO3/c1-4-14-9(13)7-5-10(2,3)6-11-8(7)12/h7H,4-6H2,1-3H3,(H,11,12). The monoisotopic (exact) mass is 199 g/mol. The molecule has 0 saturated carbocycles. The molecule has 1 aliphatic rings. The number of ether oxygens (including phenoxy) is 1. The molecule has 0 aromatic rings. The summed E-state index contributed by atoms with van der Waals surface area (Å²) in [5.41, 5.74) is -0.0225. The van der Waals surface area contributed by atoms with Crippen LogP contribution in [0.2, 0.25) is 0 Å². The van der Waals surface area contributed by atoms with Crippen molar-refractivity contribution >= 4 is 11.9 Å².